The molecular formula is C5H13F3O5Si2. The maximum Gasteiger partial charge on any atom is 0.698 e. The lowest BCUT2D eigenvalue weighted by Crippen LogP contribution is -2.45. The third-order valence-electron chi connectivity index (χ3n) is 1.34. The van der Waals surface area contributed by atoms with Gasteiger partial charge >= 0.3 is 9.05 Å². The molecular weight excluding hydrogens is 253 g/mol. The minimum Gasteiger partial charge on any atom is -0.366 e. The highest BCUT2D eigenvalue weighted by molar-refractivity contribution is 6.71. The Morgan fingerprint density at radius 3 is 1.87 bits per heavy atom. The number of alkyl halides is 3. The van der Waals surface area contributed by atoms with Gasteiger partial charge in [-0.15, -0.1) is 0 Å². The van der Waals surface area contributed by atoms with Gasteiger partial charge in [-0.3, -0.25) is 4.58 Å². The van der Waals surface area contributed by atoms with Crippen molar-refractivity contribution >= 4 is 17.4 Å². The highest BCUT2D eigenvalue weighted by atomic mass is 28.4. The van der Waals surface area contributed by atoms with E-state index in [-0.39, 0.29) is 0 Å². The molecule has 0 aliphatic carbocycles. The molecule has 3 N–H and O–H groups in total. The van der Waals surface area contributed by atoms with Gasteiger partial charge in [0.1, 0.15) is 0 Å². The third kappa shape index (κ3) is 7.90. The summed E-state index contributed by atoms with van der Waals surface area (Å²) in [6.45, 7) is 2.67. The number of halogens is 3. The normalized spacial score (nSPS) is 15.8. The van der Waals surface area contributed by atoms with Crippen molar-refractivity contribution in [2.45, 2.75) is 31.7 Å². The lowest BCUT2D eigenvalue weighted by atomic mass is 10.5. The van der Waals surface area contributed by atoms with E-state index in [0.717, 1.165) is 0 Å². The Balaban J connectivity index is 4.07. The first-order valence-corrected chi connectivity index (χ1v) is 8.86. The molecule has 10 heteroatoms. The van der Waals surface area contributed by atoms with E-state index < -0.39 is 36.0 Å². The van der Waals surface area contributed by atoms with Crippen molar-refractivity contribution in [2.24, 2.45) is 0 Å². The van der Waals surface area contributed by atoms with Gasteiger partial charge in [0.25, 0.3) is 6.43 Å². The van der Waals surface area contributed by atoms with Crippen LogP contribution < -0.4 is 0 Å². The van der Waals surface area contributed by atoms with E-state index >= 15 is 0 Å². The minimum atomic E-state index is -4.84. The molecule has 0 spiro atoms. The molecule has 92 valence electrons. The van der Waals surface area contributed by atoms with Crippen LogP contribution in [0.15, 0.2) is 0 Å². The maximum atomic E-state index is 12.6. The van der Waals surface area contributed by atoms with Gasteiger partial charge in [-0.2, -0.15) is 0 Å². The van der Waals surface area contributed by atoms with Crippen LogP contribution in [0.25, 0.3) is 0 Å². The zero-order chi connectivity index (χ0) is 12.3. The average Bonchev–Trinajstić information content (AvgIpc) is 1.99. The molecule has 0 rings (SSSR count). The first-order valence-electron chi connectivity index (χ1n) is 4.00. The van der Waals surface area contributed by atoms with E-state index in [1.165, 1.54) is 13.1 Å². The molecule has 0 aliphatic rings. The molecule has 0 aromatic rings. The van der Waals surface area contributed by atoms with Gasteiger partial charge in [0, 0.05) is 6.04 Å². The van der Waals surface area contributed by atoms with Gasteiger partial charge < -0.3 is 14.4 Å². The maximum absolute atomic E-state index is 12.6. The largest absolute Gasteiger partial charge is 0.698 e. The molecule has 0 aromatic heterocycles. The second-order valence-electron chi connectivity index (χ2n) is 3.55. The summed E-state index contributed by atoms with van der Waals surface area (Å²) >= 11 is 0. The molecule has 0 aliphatic heterocycles. The van der Waals surface area contributed by atoms with Crippen LogP contribution in [0.3, 0.4) is 0 Å². The van der Waals surface area contributed by atoms with Gasteiger partial charge in [0.2, 0.25) is 8.32 Å². The van der Waals surface area contributed by atoms with Crippen LogP contribution in [-0.2, 0) is 9.15 Å². The fourth-order valence-corrected chi connectivity index (χ4v) is 3.30. The lowest BCUT2D eigenvalue weighted by molar-refractivity contribution is -0.188. The Hall–Kier alpha value is 0.0238. The molecule has 0 fully saturated rings. The number of hydrogen-bond donors (Lipinski definition) is 3. The summed E-state index contributed by atoms with van der Waals surface area (Å²) in [6, 6.07) is -0.574. The molecule has 0 bridgehead atoms. The summed E-state index contributed by atoms with van der Waals surface area (Å²) in [7, 11) is -7.80. The molecule has 0 heterocycles. The van der Waals surface area contributed by atoms with Crippen LogP contribution in [0, 0.1) is 0 Å². The summed E-state index contributed by atoms with van der Waals surface area (Å²) in [5.74, 6) is 0. The molecule has 0 saturated carbocycles. The second kappa shape index (κ2) is 5.38. The van der Waals surface area contributed by atoms with Crippen LogP contribution in [0.2, 0.25) is 19.1 Å². The van der Waals surface area contributed by atoms with E-state index in [1.54, 1.807) is 0 Å². The zero-order valence-electron chi connectivity index (χ0n) is 8.15. The van der Waals surface area contributed by atoms with Crippen molar-refractivity contribution in [3.63, 3.8) is 0 Å². The molecule has 5 nitrogen and oxygen atoms in total. The fourth-order valence-electron chi connectivity index (χ4n) is 0.761. The Labute approximate surface area is 86.6 Å². The quantitative estimate of drug-likeness (QED) is 0.362. The number of hydrogen-bond acceptors (Lipinski definition) is 5. The van der Waals surface area contributed by atoms with Crippen molar-refractivity contribution in [2.75, 3.05) is 0 Å². The van der Waals surface area contributed by atoms with E-state index in [4.69, 9.17) is 14.4 Å². The predicted octanol–water partition coefficient (Wildman–Crippen LogP) is 0.155. The Bertz CT molecular complexity index is 198. The highest BCUT2D eigenvalue weighted by Gasteiger charge is 2.39. The topological polar surface area (TPSA) is 79.2 Å². The van der Waals surface area contributed by atoms with Crippen molar-refractivity contribution in [1.29, 1.82) is 0 Å². The predicted molar refractivity (Wildman–Crippen MR) is 47.8 cm³/mol. The summed E-state index contributed by atoms with van der Waals surface area (Å²) in [4.78, 5) is 25.2. The molecule has 0 radical (unpaired) electrons. The first kappa shape index (κ1) is 15.0. The van der Waals surface area contributed by atoms with Crippen LogP contribution in [-0.4, -0.2) is 44.3 Å². The van der Waals surface area contributed by atoms with Crippen LogP contribution >= 0.6 is 0 Å². The molecule has 15 heavy (non-hydrogen) atoms. The van der Waals surface area contributed by atoms with Gasteiger partial charge in [-0.1, -0.05) is 0 Å². The summed E-state index contributed by atoms with van der Waals surface area (Å²) < 4.78 is 44.5. The SMILES string of the molecule is C[Si](C)(CC(F)C(F)F)OO[Si](O)(O)O. The van der Waals surface area contributed by atoms with Gasteiger partial charge in [0.15, 0.2) is 6.17 Å². The van der Waals surface area contributed by atoms with Gasteiger partial charge in [-0.05, 0) is 13.1 Å². The van der Waals surface area contributed by atoms with E-state index in [2.05, 4.69) is 9.15 Å². The van der Waals surface area contributed by atoms with Crippen molar-refractivity contribution in [3.05, 3.63) is 0 Å². The Kier molecular flexibility index (Phi) is 5.39. The fraction of sp³-hybridized carbons (Fsp3) is 1.00. The van der Waals surface area contributed by atoms with E-state index in [0.29, 0.717) is 0 Å². The van der Waals surface area contributed by atoms with Crippen molar-refractivity contribution < 1.29 is 36.7 Å². The molecule has 0 saturated heterocycles. The minimum absolute atomic E-state index is 0.574. The summed E-state index contributed by atoms with van der Waals surface area (Å²) in [5, 5.41) is 0. The van der Waals surface area contributed by atoms with Crippen molar-refractivity contribution in [3.8, 4) is 0 Å². The highest BCUT2D eigenvalue weighted by Crippen LogP contribution is 2.21. The zero-order valence-corrected chi connectivity index (χ0v) is 10.2. The second-order valence-corrected chi connectivity index (χ2v) is 8.96. The monoisotopic (exact) mass is 266 g/mol. The van der Waals surface area contributed by atoms with Crippen LogP contribution in [0.1, 0.15) is 0 Å². The lowest BCUT2D eigenvalue weighted by Gasteiger charge is -2.23. The van der Waals surface area contributed by atoms with E-state index in [9.17, 15) is 13.2 Å². The standard InChI is InChI=1S/C5H13F3O5Si2/c1-14(2,3-4(6)5(7)8)12-13-15(9,10)11/h4-5,9-11H,3H2,1-2H3. The summed E-state index contributed by atoms with van der Waals surface area (Å²) in [6.07, 6.45) is -5.48. The molecule has 1 unspecified atom stereocenters. The van der Waals surface area contributed by atoms with Crippen molar-refractivity contribution in [1.82, 2.24) is 0 Å². The van der Waals surface area contributed by atoms with E-state index in [1.807, 2.05) is 0 Å². The van der Waals surface area contributed by atoms with Gasteiger partial charge in [-0.25, -0.2) is 17.7 Å². The first-order chi connectivity index (χ1) is 6.53. The molecule has 0 aromatic carbocycles. The molecule has 0 amide bonds. The summed E-state index contributed by atoms with van der Waals surface area (Å²) in [5.41, 5.74) is 0. The van der Waals surface area contributed by atoms with Gasteiger partial charge in [0.05, 0.1) is 0 Å². The third-order valence-corrected chi connectivity index (χ3v) is 3.72. The Morgan fingerprint density at radius 1 is 1.07 bits per heavy atom. The van der Waals surface area contributed by atoms with Crippen LogP contribution in [0.5, 0.6) is 0 Å². The average molecular weight is 266 g/mol. The Morgan fingerprint density at radius 2 is 1.53 bits per heavy atom. The smallest absolute Gasteiger partial charge is 0.366 e. The van der Waals surface area contributed by atoms with Crippen LogP contribution in [0.4, 0.5) is 13.2 Å². The number of rotatable bonds is 6. The molecule has 1 atom stereocenters.